The lowest BCUT2D eigenvalue weighted by molar-refractivity contribution is -0.151. The van der Waals surface area contributed by atoms with Crippen LogP contribution in [-0.2, 0) is 9.59 Å². The molecule has 108 valence electrons. The first kappa shape index (κ1) is 14.2. The maximum atomic E-state index is 12.3. The summed E-state index contributed by atoms with van der Waals surface area (Å²) in [5, 5.41) is 9.18. The number of anilines is 1. The van der Waals surface area contributed by atoms with E-state index < -0.39 is 12.0 Å². The Hall–Kier alpha value is -2.18. The summed E-state index contributed by atoms with van der Waals surface area (Å²) in [6.45, 7) is 0.576. The highest BCUT2D eigenvalue weighted by molar-refractivity contribution is 5.86. The predicted molar refractivity (Wildman–Crippen MR) is 72.3 cm³/mol. The number of piperidine rings is 1. The van der Waals surface area contributed by atoms with Crippen molar-refractivity contribution in [2.45, 2.75) is 25.3 Å². The minimum absolute atomic E-state index is 0.0772. The van der Waals surface area contributed by atoms with E-state index in [4.69, 9.17) is 0 Å². The number of carbonyl (C=O) groups is 2. The molecule has 0 aliphatic carbocycles. The van der Waals surface area contributed by atoms with Gasteiger partial charge < -0.3 is 14.9 Å². The SMILES string of the molecule is CN(CC(=O)N1CCCCC1C(=O)O)c1ncccn1. The molecule has 0 bridgehead atoms. The normalized spacial score (nSPS) is 18.6. The van der Waals surface area contributed by atoms with Gasteiger partial charge in [-0.05, 0) is 25.3 Å². The first-order chi connectivity index (χ1) is 9.59. The van der Waals surface area contributed by atoms with Gasteiger partial charge in [0.2, 0.25) is 11.9 Å². The molecule has 0 radical (unpaired) electrons. The number of likely N-dealkylation sites (N-methyl/N-ethyl adjacent to an activating group) is 1. The Balaban J connectivity index is 2.01. The molecular weight excluding hydrogens is 260 g/mol. The van der Waals surface area contributed by atoms with Gasteiger partial charge in [-0.15, -0.1) is 0 Å². The third-order valence-electron chi connectivity index (χ3n) is 3.37. The van der Waals surface area contributed by atoms with E-state index >= 15 is 0 Å². The van der Waals surface area contributed by atoms with Crippen LogP contribution in [0.15, 0.2) is 18.5 Å². The molecule has 7 nitrogen and oxygen atoms in total. The van der Waals surface area contributed by atoms with Gasteiger partial charge in [-0.2, -0.15) is 0 Å². The van der Waals surface area contributed by atoms with E-state index in [1.807, 2.05) is 0 Å². The fourth-order valence-corrected chi connectivity index (χ4v) is 2.34. The molecule has 1 N–H and O–H groups in total. The van der Waals surface area contributed by atoms with E-state index in [1.54, 1.807) is 30.4 Å². The van der Waals surface area contributed by atoms with Crippen molar-refractivity contribution in [3.05, 3.63) is 18.5 Å². The van der Waals surface area contributed by atoms with Crippen molar-refractivity contribution in [2.75, 3.05) is 25.0 Å². The summed E-state index contributed by atoms with van der Waals surface area (Å²) in [7, 11) is 1.72. The molecular formula is C13H18N4O3. The van der Waals surface area contributed by atoms with Crippen molar-refractivity contribution in [1.29, 1.82) is 0 Å². The number of carboxylic acids is 1. The minimum Gasteiger partial charge on any atom is -0.480 e. The largest absolute Gasteiger partial charge is 0.480 e. The number of carboxylic acid groups (broad SMARTS) is 1. The molecule has 1 fully saturated rings. The van der Waals surface area contributed by atoms with Crippen molar-refractivity contribution in [3.63, 3.8) is 0 Å². The molecule has 2 heterocycles. The van der Waals surface area contributed by atoms with Crippen LogP contribution in [0.25, 0.3) is 0 Å². The molecule has 1 saturated heterocycles. The molecule has 1 unspecified atom stereocenters. The zero-order valence-corrected chi connectivity index (χ0v) is 11.4. The second kappa shape index (κ2) is 6.31. The molecule has 1 aromatic heterocycles. The van der Waals surface area contributed by atoms with E-state index in [0.717, 1.165) is 12.8 Å². The molecule has 1 atom stereocenters. The predicted octanol–water partition coefficient (Wildman–Crippen LogP) is 0.378. The topological polar surface area (TPSA) is 86.6 Å². The highest BCUT2D eigenvalue weighted by Gasteiger charge is 2.32. The third kappa shape index (κ3) is 3.23. The number of carbonyl (C=O) groups excluding carboxylic acids is 1. The van der Waals surface area contributed by atoms with Crippen LogP contribution in [0, 0.1) is 0 Å². The standard InChI is InChI=1S/C13H18N4O3/c1-16(13-14-6-4-7-15-13)9-11(18)17-8-3-2-5-10(17)12(19)20/h4,6-7,10H,2-3,5,8-9H2,1H3,(H,19,20). The molecule has 0 spiro atoms. The van der Waals surface area contributed by atoms with E-state index in [2.05, 4.69) is 9.97 Å². The van der Waals surface area contributed by atoms with Crippen LogP contribution in [0.4, 0.5) is 5.95 Å². The Morgan fingerprint density at radius 3 is 2.75 bits per heavy atom. The van der Waals surface area contributed by atoms with Gasteiger partial charge in [0.15, 0.2) is 0 Å². The Morgan fingerprint density at radius 2 is 2.10 bits per heavy atom. The minimum atomic E-state index is -0.934. The van der Waals surface area contributed by atoms with Crippen LogP contribution in [0.2, 0.25) is 0 Å². The molecule has 2 rings (SSSR count). The number of aromatic nitrogens is 2. The molecule has 7 heteroatoms. The summed E-state index contributed by atoms with van der Waals surface area (Å²) >= 11 is 0. The smallest absolute Gasteiger partial charge is 0.326 e. The maximum absolute atomic E-state index is 12.3. The molecule has 1 aromatic rings. The Morgan fingerprint density at radius 1 is 1.40 bits per heavy atom. The summed E-state index contributed by atoms with van der Waals surface area (Å²) in [6, 6.07) is 0.992. The van der Waals surface area contributed by atoms with Gasteiger partial charge in [0, 0.05) is 26.0 Å². The summed E-state index contributed by atoms with van der Waals surface area (Å²) in [4.78, 5) is 34.6. The summed E-state index contributed by atoms with van der Waals surface area (Å²) in [5.74, 6) is -0.687. The van der Waals surface area contributed by atoms with Gasteiger partial charge in [-0.3, -0.25) is 4.79 Å². The Labute approximate surface area is 117 Å². The van der Waals surface area contributed by atoms with Crippen LogP contribution in [-0.4, -0.2) is 58.0 Å². The molecule has 20 heavy (non-hydrogen) atoms. The summed E-state index contributed by atoms with van der Waals surface area (Å²) in [6.07, 6.45) is 5.42. The van der Waals surface area contributed by atoms with Gasteiger partial charge in [0.1, 0.15) is 6.04 Å². The van der Waals surface area contributed by atoms with Gasteiger partial charge >= 0.3 is 5.97 Å². The van der Waals surface area contributed by atoms with Crippen molar-refractivity contribution >= 4 is 17.8 Å². The van der Waals surface area contributed by atoms with Gasteiger partial charge in [-0.25, -0.2) is 14.8 Å². The van der Waals surface area contributed by atoms with Crippen LogP contribution >= 0.6 is 0 Å². The molecule has 1 aliphatic rings. The quantitative estimate of drug-likeness (QED) is 0.856. The first-order valence-electron chi connectivity index (χ1n) is 6.60. The third-order valence-corrected chi connectivity index (χ3v) is 3.37. The number of hydrogen-bond donors (Lipinski definition) is 1. The molecule has 1 amide bonds. The zero-order chi connectivity index (χ0) is 14.5. The van der Waals surface area contributed by atoms with Crippen molar-refractivity contribution in [1.82, 2.24) is 14.9 Å². The number of aliphatic carboxylic acids is 1. The molecule has 0 aromatic carbocycles. The lowest BCUT2D eigenvalue weighted by Gasteiger charge is -2.34. The monoisotopic (exact) mass is 278 g/mol. The summed E-state index contributed by atoms with van der Waals surface area (Å²) < 4.78 is 0. The number of rotatable bonds is 4. The van der Waals surface area contributed by atoms with Crippen LogP contribution in [0.5, 0.6) is 0 Å². The average Bonchev–Trinajstić information content (AvgIpc) is 2.48. The van der Waals surface area contributed by atoms with Crippen molar-refractivity contribution in [2.24, 2.45) is 0 Å². The zero-order valence-electron chi connectivity index (χ0n) is 11.4. The number of amides is 1. The maximum Gasteiger partial charge on any atom is 0.326 e. The van der Waals surface area contributed by atoms with Crippen LogP contribution < -0.4 is 4.90 Å². The number of nitrogens with zero attached hydrogens (tertiary/aromatic N) is 4. The second-order valence-electron chi connectivity index (χ2n) is 4.84. The van der Waals surface area contributed by atoms with Gasteiger partial charge in [-0.1, -0.05) is 0 Å². The lowest BCUT2D eigenvalue weighted by Crippen LogP contribution is -2.51. The molecule has 0 saturated carbocycles. The van der Waals surface area contributed by atoms with E-state index in [0.29, 0.717) is 18.9 Å². The summed E-state index contributed by atoms with van der Waals surface area (Å²) in [5.41, 5.74) is 0. The Bertz CT molecular complexity index is 480. The lowest BCUT2D eigenvalue weighted by atomic mass is 10.0. The highest BCUT2D eigenvalue weighted by Crippen LogP contribution is 2.18. The highest BCUT2D eigenvalue weighted by atomic mass is 16.4. The molecule has 1 aliphatic heterocycles. The van der Waals surface area contributed by atoms with E-state index in [9.17, 15) is 14.7 Å². The fraction of sp³-hybridized carbons (Fsp3) is 0.538. The van der Waals surface area contributed by atoms with Gasteiger partial charge in [0.05, 0.1) is 6.54 Å². The van der Waals surface area contributed by atoms with Crippen LogP contribution in [0.1, 0.15) is 19.3 Å². The second-order valence-corrected chi connectivity index (χ2v) is 4.84. The van der Waals surface area contributed by atoms with E-state index in [1.165, 1.54) is 4.90 Å². The fourth-order valence-electron chi connectivity index (χ4n) is 2.34. The first-order valence-corrected chi connectivity index (χ1v) is 6.60. The van der Waals surface area contributed by atoms with Crippen molar-refractivity contribution < 1.29 is 14.7 Å². The van der Waals surface area contributed by atoms with Crippen molar-refractivity contribution in [3.8, 4) is 0 Å². The van der Waals surface area contributed by atoms with E-state index in [-0.39, 0.29) is 12.5 Å². The number of likely N-dealkylation sites (tertiary alicyclic amines) is 1. The number of hydrogen-bond acceptors (Lipinski definition) is 5. The van der Waals surface area contributed by atoms with Crippen LogP contribution in [0.3, 0.4) is 0 Å². The average molecular weight is 278 g/mol. The Kier molecular flexibility index (Phi) is 4.49. The van der Waals surface area contributed by atoms with Gasteiger partial charge in [0.25, 0.3) is 0 Å².